The van der Waals surface area contributed by atoms with Gasteiger partial charge in [0.05, 0.1) is 6.10 Å². The number of anilines is 1. The van der Waals surface area contributed by atoms with Crippen LogP contribution in [0.1, 0.15) is 70.3 Å². The van der Waals surface area contributed by atoms with E-state index in [1.165, 1.54) is 22.4 Å². The van der Waals surface area contributed by atoms with Crippen LogP contribution < -0.4 is 4.90 Å². The van der Waals surface area contributed by atoms with Crippen molar-refractivity contribution < 1.29 is 14.7 Å². The molecule has 6 rings (SSSR count). The fourth-order valence-electron chi connectivity index (χ4n) is 8.13. The molecular formula is C30H38N2O3. The van der Waals surface area contributed by atoms with E-state index in [1.54, 1.807) is 12.5 Å². The molecule has 5 heteroatoms. The number of hydrogen-bond acceptors (Lipinski definition) is 4. The van der Waals surface area contributed by atoms with E-state index in [2.05, 4.69) is 36.1 Å². The highest BCUT2D eigenvalue weighted by molar-refractivity contribution is 5.93. The molecule has 4 aliphatic carbocycles. The van der Waals surface area contributed by atoms with Crippen LogP contribution in [0.15, 0.2) is 47.1 Å². The molecule has 5 atom stereocenters. The second kappa shape index (κ2) is 8.62. The monoisotopic (exact) mass is 474 g/mol. The summed E-state index contributed by atoms with van der Waals surface area (Å²) in [6.07, 6.45) is 8.38. The first-order valence-corrected chi connectivity index (χ1v) is 13.6. The van der Waals surface area contributed by atoms with Crippen LogP contribution in [0.4, 0.5) is 5.69 Å². The van der Waals surface area contributed by atoms with Crippen LogP contribution in [0.5, 0.6) is 0 Å². The van der Waals surface area contributed by atoms with Gasteiger partial charge in [0.1, 0.15) is 0 Å². The SMILES string of the molecule is CC(=O)N1CCN(c2ccc(C3CC4(C)C(O)CCC4C4CCC5=CC(=O)CCC5=C34)cc2)CC1. The topological polar surface area (TPSA) is 60.9 Å². The number of ketones is 1. The quantitative estimate of drug-likeness (QED) is 0.680. The maximum atomic E-state index is 12.2. The van der Waals surface area contributed by atoms with Gasteiger partial charge in [0.15, 0.2) is 5.78 Å². The summed E-state index contributed by atoms with van der Waals surface area (Å²) in [5.74, 6) is 1.82. The fraction of sp³-hybridized carbons (Fsp3) is 0.600. The van der Waals surface area contributed by atoms with Crippen molar-refractivity contribution >= 4 is 17.4 Å². The van der Waals surface area contributed by atoms with Crippen molar-refractivity contribution in [1.82, 2.24) is 4.90 Å². The Labute approximate surface area is 208 Å². The summed E-state index contributed by atoms with van der Waals surface area (Å²) >= 11 is 0. The lowest BCUT2D eigenvalue weighted by Gasteiger charge is -2.52. The Kier molecular flexibility index (Phi) is 5.67. The molecule has 2 saturated carbocycles. The molecular weight excluding hydrogens is 436 g/mol. The van der Waals surface area contributed by atoms with Gasteiger partial charge in [-0.1, -0.05) is 24.6 Å². The van der Waals surface area contributed by atoms with Crippen molar-refractivity contribution in [3.63, 3.8) is 0 Å². The van der Waals surface area contributed by atoms with Gasteiger partial charge in [0.25, 0.3) is 0 Å². The molecule has 0 radical (unpaired) electrons. The maximum absolute atomic E-state index is 12.2. The largest absolute Gasteiger partial charge is 0.393 e. The molecule has 1 N–H and O–H groups in total. The molecule has 186 valence electrons. The van der Waals surface area contributed by atoms with Crippen LogP contribution in [0.25, 0.3) is 0 Å². The Morgan fingerprint density at radius 3 is 2.46 bits per heavy atom. The smallest absolute Gasteiger partial charge is 0.219 e. The van der Waals surface area contributed by atoms with E-state index in [-0.39, 0.29) is 23.2 Å². The van der Waals surface area contributed by atoms with Crippen molar-refractivity contribution in [2.24, 2.45) is 17.3 Å². The standard InChI is InChI=1S/C30H38N2O3/c1-19(33)31-13-15-32(16-14-31)22-6-3-20(4-7-22)26-18-30(2)27(11-12-28(30)35)25-9-5-21-17-23(34)8-10-24(21)29(25)26/h3-4,6-7,17,25-28,35H,5,8-16,18H2,1-2H3. The first-order valence-electron chi connectivity index (χ1n) is 13.6. The zero-order valence-corrected chi connectivity index (χ0v) is 21.1. The Morgan fingerprint density at radius 1 is 1.00 bits per heavy atom. The first-order chi connectivity index (χ1) is 16.8. The van der Waals surface area contributed by atoms with Crippen molar-refractivity contribution in [2.45, 2.75) is 70.8 Å². The van der Waals surface area contributed by atoms with Gasteiger partial charge in [-0.3, -0.25) is 9.59 Å². The van der Waals surface area contributed by atoms with Crippen LogP contribution in [0.2, 0.25) is 0 Å². The minimum Gasteiger partial charge on any atom is -0.393 e. The van der Waals surface area contributed by atoms with Gasteiger partial charge in [-0.05, 0) is 90.7 Å². The molecule has 0 bridgehead atoms. The van der Waals surface area contributed by atoms with E-state index in [0.717, 1.165) is 64.7 Å². The summed E-state index contributed by atoms with van der Waals surface area (Å²) < 4.78 is 0. The molecule has 1 aromatic carbocycles. The van der Waals surface area contributed by atoms with Crippen molar-refractivity contribution in [3.05, 3.63) is 52.6 Å². The summed E-state index contributed by atoms with van der Waals surface area (Å²) in [6, 6.07) is 9.11. The number of piperazine rings is 1. The highest BCUT2D eigenvalue weighted by Crippen LogP contribution is 2.63. The summed E-state index contributed by atoms with van der Waals surface area (Å²) in [6.45, 7) is 7.29. The number of nitrogens with zero attached hydrogens (tertiary/aromatic N) is 2. The minimum atomic E-state index is -0.219. The Bertz CT molecular complexity index is 1100. The van der Waals surface area contributed by atoms with E-state index in [4.69, 9.17) is 0 Å². The van der Waals surface area contributed by atoms with Crippen LogP contribution in [0.3, 0.4) is 0 Å². The number of benzene rings is 1. The predicted molar refractivity (Wildman–Crippen MR) is 137 cm³/mol. The Balaban J connectivity index is 1.34. The summed E-state index contributed by atoms with van der Waals surface area (Å²) in [7, 11) is 0. The van der Waals surface area contributed by atoms with E-state index >= 15 is 0 Å². The predicted octanol–water partition coefficient (Wildman–Crippen LogP) is 4.62. The average molecular weight is 475 g/mol. The molecule has 0 spiro atoms. The molecule has 5 unspecified atom stereocenters. The van der Waals surface area contributed by atoms with Crippen LogP contribution >= 0.6 is 0 Å². The van der Waals surface area contributed by atoms with Crippen molar-refractivity contribution in [3.8, 4) is 0 Å². The third-order valence-electron chi connectivity index (χ3n) is 10.1. The average Bonchev–Trinajstić information content (AvgIpc) is 3.17. The van der Waals surface area contributed by atoms with Gasteiger partial charge in [-0.2, -0.15) is 0 Å². The number of carbonyl (C=O) groups excluding carboxylic acids is 2. The van der Waals surface area contributed by atoms with Gasteiger partial charge in [0, 0.05) is 51.1 Å². The highest BCUT2D eigenvalue weighted by Gasteiger charge is 2.56. The second-order valence-electron chi connectivity index (χ2n) is 11.8. The highest BCUT2D eigenvalue weighted by atomic mass is 16.3. The number of fused-ring (bicyclic) bond motifs is 4. The molecule has 1 saturated heterocycles. The lowest BCUT2D eigenvalue weighted by atomic mass is 9.53. The Morgan fingerprint density at radius 2 is 1.74 bits per heavy atom. The minimum absolute atomic E-state index is 0.0349. The van der Waals surface area contributed by atoms with E-state index < -0.39 is 0 Å². The summed E-state index contributed by atoms with van der Waals surface area (Å²) in [4.78, 5) is 28.2. The maximum Gasteiger partial charge on any atom is 0.219 e. The normalized spacial score (nSPS) is 34.8. The lowest BCUT2D eigenvalue weighted by molar-refractivity contribution is -0.129. The number of carbonyl (C=O) groups is 2. The zero-order chi connectivity index (χ0) is 24.3. The van der Waals surface area contributed by atoms with Gasteiger partial charge in [0.2, 0.25) is 5.91 Å². The van der Waals surface area contributed by atoms with E-state index in [1.807, 2.05) is 11.0 Å². The number of allylic oxidation sites excluding steroid dienone is 4. The summed E-state index contributed by atoms with van der Waals surface area (Å²) in [5.41, 5.74) is 6.89. The molecule has 1 aliphatic heterocycles. The van der Waals surface area contributed by atoms with Gasteiger partial charge < -0.3 is 14.9 Å². The third kappa shape index (κ3) is 3.78. The molecule has 3 fully saturated rings. The summed E-state index contributed by atoms with van der Waals surface area (Å²) in [5, 5.41) is 11.1. The van der Waals surface area contributed by atoms with E-state index in [9.17, 15) is 14.7 Å². The number of aliphatic hydroxyl groups excluding tert-OH is 1. The zero-order valence-electron chi connectivity index (χ0n) is 21.1. The van der Waals surface area contributed by atoms with E-state index in [0.29, 0.717) is 24.2 Å². The number of aliphatic hydroxyl groups is 1. The first kappa shape index (κ1) is 23.0. The van der Waals surface area contributed by atoms with Crippen LogP contribution in [0, 0.1) is 17.3 Å². The molecule has 5 aliphatic rings. The van der Waals surface area contributed by atoms with Gasteiger partial charge in [-0.15, -0.1) is 0 Å². The number of hydrogen-bond donors (Lipinski definition) is 1. The fourth-order valence-corrected chi connectivity index (χ4v) is 8.13. The van der Waals surface area contributed by atoms with Gasteiger partial charge in [-0.25, -0.2) is 0 Å². The number of amides is 1. The van der Waals surface area contributed by atoms with Crippen LogP contribution in [-0.2, 0) is 9.59 Å². The lowest BCUT2D eigenvalue weighted by Crippen LogP contribution is -2.48. The van der Waals surface area contributed by atoms with Crippen molar-refractivity contribution in [2.75, 3.05) is 31.1 Å². The number of rotatable bonds is 2. The molecule has 35 heavy (non-hydrogen) atoms. The van der Waals surface area contributed by atoms with Crippen molar-refractivity contribution in [1.29, 1.82) is 0 Å². The molecule has 5 nitrogen and oxygen atoms in total. The van der Waals surface area contributed by atoms with Gasteiger partial charge >= 0.3 is 0 Å². The second-order valence-corrected chi connectivity index (χ2v) is 11.8. The Hall–Kier alpha value is -2.40. The molecule has 1 aromatic rings. The third-order valence-corrected chi connectivity index (χ3v) is 10.1. The molecule has 1 heterocycles. The van der Waals surface area contributed by atoms with Crippen LogP contribution in [-0.4, -0.2) is 54.0 Å². The molecule has 0 aromatic heterocycles. The molecule has 1 amide bonds.